The number of non-ortho nitro benzene ring substituents is 1. The molecule has 1 saturated heterocycles. The number of rotatable bonds is 4. The van der Waals surface area contributed by atoms with E-state index in [9.17, 15) is 24.8 Å². The molecule has 1 aromatic carbocycles. The van der Waals surface area contributed by atoms with Crippen molar-refractivity contribution in [2.45, 2.75) is 6.42 Å². The molecule has 1 heterocycles. The summed E-state index contributed by atoms with van der Waals surface area (Å²) in [6.07, 6.45) is 4.70. The lowest BCUT2D eigenvalue weighted by Gasteiger charge is -2.38. The van der Waals surface area contributed by atoms with Crippen molar-refractivity contribution in [3.8, 4) is 0 Å². The van der Waals surface area contributed by atoms with Crippen molar-refractivity contribution in [3.63, 3.8) is 0 Å². The number of carbonyl (C=O) groups is 2. The number of nitro benzene ring substituents is 1. The van der Waals surface area contributed by atoms with Gasteiger partial charge >= 0.3 is 5.97 Å². The molecular formula is C19H21N3O5. The molecule has 8 heteroatoms. The number of anilines is 1. The van der Waals surface area contributed by atoms with Gasteiger partial charge in [-0.05, 0) is 30.4 Å². The standard InChI is InChI=1S/C19H21N3O5/c23-18(16-12-1-2-13(11-12)17(16)19(24)25)21-9-7-20(8-10-21)14-3-5-15(6-4-14)22(26)27/h1-6,12-13,16-17H,7-11H2,(H,24,25)/t12-,13+,16-,17-/m0/s1. The van der Waals surface area contributed by atoms with Gasteiger partial charge in [-0.1, -0.05) is 12.2 Å². The van der Waals surface area contributed by atoms with Crippen LogP contribution in [-0.4, -0.2) is 53.0 Å². The third-order valence-electron chi connectivity index (χ3n) is 6.05. The number of nitrogens with zero attached hydrogens (tertiary/aromatic N) is 3. The van der Waals surface area contributed by atoms with Gasteiger partial charge in [0.25, 0.3) is 5.69 Å². The van der Waals surface area contributed by atoms with Gasteiger partial charge in [-0.25, -0.2) is 0 Å². The molecule has 0 spiro atoms. The van der Waals surface area contributed by atoms with Crippen LogP contribution in [0.5, 0.6) is 0 Å². The van der Waals surface area contributed by atoms with Crippen molar-refractivity contribution < 1.29 is 19.6 Å². The van der Waals surface area contributed by atoms with Gasteiger partial charge in [0, 0.05) is 44.0 Å². The maximum absolute atomic E-state index is 13.0. The highest BCUT2D eigenvalue weighted by atomic mass is 16.6. The van der Waals surface area contributed by atoms with Crippen molar-refractivity contribution in [2.75, 3.05) is 31.1 Å². The topological polar surface area (TPSA) is 104 Å². The number of carboxylic acids is 1. The molecule has 1 aliphatic heterocycles. The average molecular weight is 371 g/mol. The molecule has 2 fully saturated rings. The maximum atomic E-state index is 13.0. The number of amides is 1. The van der Waals surface area contributed by atoms with E-state index >= 15 is 0 Å². The van der Waals surface area contributed by atoms with E-state index in [1.54, 1.807) is 17.0 Å². The number of carbonyl (C=O) groups excluding carboxylic acids is 1. The molecule has 1 aromatic rings. The van der Waals surface area contributed by atoms with E-state index in [0.717, 1.165) is 12.1 Å². The lowest BCUT2D eigenvalue weighted by Crippen LogP contribution is -2.52. The third-order valence-corrected chi connectivity index (χ3v) is 6.05. The highest BCUT2D eigenvalue weighted by Crippen LogP contribution is 2.48. The van der Waals surface area contributed by atoms with Crippen LogP contribution in [0, 0.1) is 33.8 Å². The third kappa shape index (κ3) is 3.05. The minimum atomic E-state index is -0.880. The van der Waals surface area contributed by atoms with E-state index in [0.29, 0.717) is 26.2 Å². The SMILES string of the molecule is O=C(O)[C@@H]1[C@@H](C(=O)N2CCN(c3ccc([N+](=O)[O-])cc3)CC2)[C@H]2C=C[C@@H]1C2. The Morgan fingerprint density at radius 3 is 2.15 bits per heavy atom. The van der Waals surface area contributed by atoms with Crippen molar-refractivity contribution in [1.82, 2.24) is 4.90 Å². The summed E-state index contributed by atoms with van der Waals surface area (Å²) in [5.41, 5.74) is 0.940. The second kappa shape index (κ2) is 6.68. The number of fused-ring (bicyclic) bond motifs is 2. The summed E-state index contributed by atoms with van der Waals surface area (Å²) in [5.74, 6) is -1.99. The van der Waals surface area contributed by atoms with Gasteiger partial charge in [0.15, 0.2) is 0 Å². The van der Waals surface area contributed by atoms with Crippen LogP contribution in [0.4, 0.5) is 11.4 Å². The Morgan fingerprint density at radius 2 is 1.59 bits per heavy atom. The van der Waals surface area contributed by atoms with Gasteiger partial charge in [-0.2, -0.15) is 0 Å². The lowest BCUT2D eigenvalue weighted by atomic mass is 9.82. The zero-order valence-corrected chi connectivity index (χ0v) is 14.7. The number of nitro groups is 1. The normalized spacial score (nSPS) is 29.2. The molecule has 1 saturated carbocycles. The first-order chi connectivity index (χ1) is 13.0. The smallest absolute Gasteiger partial charge is 0.307 e. The minimum absolute atomic E-state index is 0.0251. The highest BCUT2D eigenvalue weighted by molar-refractivity contribution is 5.87. The minimum Gasteiger partial charge on any atom is -0.481 e. The van der Waals surface area contributed by atoms with Crippen LogP contribution in [0.3, 0.4) is 0 Å². The number of benzene rings is 1. The first-order valence-corrected chi connectivity index (χ1v) is 9.15. The Morgan fingerprint density at radius 1 is 1.00 bits per heavy atom. The molecule has 0 unspecified atom stereocenters. The Kier molecular flexibility index (Phi) is 4.33. The lowest BCUT2D eigenvalue weighted by molar-refractivity contribution is -0.384. The van der Waals surface area contributed by atoms with Gasteiger partial charge in [0.05, 0.1) is 16.8 Å². The monoisotopic (exact) mass is 371 g/mol. The maximum Gasteiger partial charge on any atom is 0.307 e. The summed E-state index contributed by atoms with van der Waals surface area (Å²) in [6, 6.07) is 6.39. The van der Waals surface area contributed by atoms with E-state index in [2.05, 4.69) is 4.90 Å². The molecule has 0 radical (unpaired) electrons. The molecule has 1 amide bonds. The van der Waals surface area contributed by atoms with E-state index in [-0.39, 0.29) is 23.4 Å². The van der Waals surface area contributed by atoms with E-state index in [1.807, 2.05) is 12.2 Å². The quantitative estimate of drug-likeness (QED) is 0.491. The Labute approximate surface area is 156 Å². The number of piperazine rings is 1. The van der Waals surface area contributed by atoms with E-state index in [1.165, 1.54) is 12.1 Å². The average Bonchev–Trinajstić information content (AvgIpc) is 3.29. The molecule has 8 nitrogen and oxygen atoms in total. The Balaban J connectivity index is 1.40. The summed E-state index contributed by atoms with van der Waals surface area (Å²) in [7, 11) is 0. The number of allylic oxidation sites excluding steroid dienone is 2. The van der Waals surface area contributed by atoms with Crippen LogP contribution >= 0.6 is 0 Å². The van der Waals surface area contributed by atoms with Crippen LogP contribution in [0.2, 0.25) is 0 Å². The summed E-state index contributed by atoms with van der Waals surface area (Å²) in [5, 5.41) is 20.3. The van der Waals surface area contributed by atoms with Crippen molar-refractivity contribution in [3.05, 3.63) is 46.5 Å². The van der Waals surface area contributed by atoms with Crippen LogP contribution in [0.25, 0.3) is 0 Å². The number of hydrogen-bond donors (Lipinski definition) is 1. The predicted octanol–water partition coefficient (Wildman–Crippen LogP) is 1.77. The van der Waals surface area contributed by atoms with Gasteiger partial charge in [-0.3, -0.25) is 19.7 Å². The number of aliphatic carboxylic acids is 1. The molecule has 142 valence electrons. The second-order valence-electron chi connectivity index (χ2n) is 7.42. The summed E-state index contributed by atoms with van der Waals surface area (Å²) in [6.45, 7) is 2.30. The Hall–Kier alpha value is -2.90. The van der Waals surface area contributed by atoms with Crippen LogP contribution in [0.15, 0.2) is 36.4 Å². The van der Waals surface area contributed by atoms with Crippen molar-refractivity contribution in [2.24, 2.45) is 23.7 Å². The van der Waals surface area contributed by atoms with E-state index < -0.39 is 22.7 Å². The fourth-order valence-corrected chi connectivity index (χ4v) is 4.68. The van der Waals surface area contributed by atoms with Crippen molar-refractivity contribution >= 4 is 23.3 Å². The van der Waals surface area contributed by atoms with Crippen LogP contribution < -0.4 is 4.90 Å². The molecular weight excluding hydrogens is 350 g/mol. The first kappa shape index (κ1) is 17.5. The van der Waals surface area contributed by atoms with Gasteiger partial charge in [0.2, 0.25) is 5.91 Å². The van der Waals surface area contributed by atoms with E-state index in [4.69, 9.17) is 0 Å². The molecule has 1 N–H and O–H groups in total. The highest BCUT2D eigenvalue weighted by Gasteiger charge is 2.52. The molecule has 0 aromatic heterocycles. The fourth-order valence-electron chi connectivity index (χ4n) is 4.68. The molecule has 3 aliphatic rings. The first-order valence-electron chi connectivity index (χ1n) is 9.15. The second-order valence-corrected chi connectivity index (χ2v) is 7.42. The zero-order chi connectivity index (χ0) is 19.1. The predicted molar refractivity (Wildman–Crippen MR) is 97.2 cm³/mol. The summed E-state index contributed by atoms with van der Waals surface area (Å²) >= 11 is 0. The fraction of sp³-hybridized carbons (Fsp3) is 0.474. The zero-order valence-electron chi connectivity index (χ0n) is 14.7. The molecule has 27 heavy (non-hydrogen) atoms. The largest absolute Gasteiger partial charge is 0.481 e. The molecule has 4 atom stereocenters. The number of carboxylic acid groups (broad SMARTS) is 1. The summed E-state index contributed by atoms with van der Waals surface area (Å²) < 4.78 is 0. The summed E-state index contributed by atoms with van der Waals surface area (Å²) in [4.78, 5) is 38.8. The molecule has 4 rings (SSSR count). The van der Waals surface area contributed by atoms with Crippen molar-refractivity contribution in [1.29, 1.82) is 0 Å². The molecule has 2 aliphatic carbocycles. The number of hydrogen-bond acceptors (Lipinski definition) is 5. The van der Waals surface area contributed by atoms with Gasteiger partial charge in [0.1, 0.15) is 0 Å². The Bertz CT molecular complexity index is 798. The van der Waals surface area contributed by atoms with Gasteiger partial charge < -0.3 is 14.9 Å². The van der Waals surface area contributed by atoms with Gasteiger partial charge in [-0.15, -0.1) is 0 Å². The molecule has 2 bridgehead atoms. The van der Waals surface area contributed by atoms with Crippen LogP contribution in [0.1, 0.15) is 6.42 Å². The van der Waals surface area contributed by atoms with Crippen LogP contribution in [-0.2, 0) is 9.59 Å².